The third kappa shape index (κ3) is 4.75. The third-order valence-corrected chi connectivity index (χ3v) is 6.42. The van der Waals surface area contributed by atoms with Gasteiger partial charge in [0.25, 0.3) is 0 Å². The molecule has 0 bridgehead atoms. The van der Waals surface area contributed by atoms with Crippen molar-refractivity contribution < 1.29 is 9.90 Å². The summed E-state index contributed by atoms with van der Waals surface area (Å²) >= 11 is 6.58. The van der Waals surface area contributed by atoms with Crippen LogP contribution >= 0.6 is 23.6 Å². The number of piperidine rings is 1. The van der Waals surface area contributed by atoms with Gasteiger partial charge in [-0.2, -0.15) is 9.78 Å². The van der Waals surface area contributed by atoms with E-state index >= 15 is 0 Å². The van der Waals surface area contributed by atoms with Crippen molar-refractivity contribution in [1.29, 1.82) is 0 Å². The Balaban J connectivity index is 1.46. The highest BCUT2D eigenvalue weighted by Gasteiger charge is 2.18. The molecular weight excluding hydrogens is 418 g/mol. The minimum atomic E-state index is -0.169. The molecule has 30 heavy (non-hydrogen) atoms. The second-order valence-electron chi connectivity index (χ2n) is 7.24. The van der Waals surface area contributed by atoms with Crippen LogP contribution in [0.5, 0.6) is 5.88 Å². The summed E-state index contributed by atoms with van der Waals surface area (Å²) in [5, 5.41) is 18.8. The van der Waals surface area contributed by atoms with Gasteiger partial charge in [-0.1, -0.05) is 48.1 Å². The average Bonchev–Trinajstić information content (AvgIpc) is 3.34. The van der Waals surface area contributed by atoms with Crippen molar-refractivity contribution >= 4 is 47.5 Å². The molecule has 1 aromatic carbocycles. The molecule has 0 spiro atoms. The summed E-state index contributed by atoms with van der Waals surface area (Å²) in [6.07, 6.45) is 7.44. The molecule has 9 heteroatoms. The fourth-order valence-electron chi connectivity index (χ4n) is 3.53. The lowest BCUT2D eigenvalue weighted by Gasteiger charge is -2.25. The summed E-state index contributed by atoms with van der Waals surface area (Å²) in [4.78, 5) is 15.2. The van der Waals surface area contributed by atoms with Crippen molar-refractivity contribution in [2.24, 2.45) is 10.2 Å². The molecule has 0 saturated carbocycles. The van der Waals surface area contributed by atoms with Gasteiger partial charge in [0.15, 0.2) is 3.95 Å². The van der Waals surface area contributed by atoms with Gasteiger partial charge in [0.2, 0.25) is 11.8 Å². The molecule has 1 aromatic heterocycles. The highest BCUT2D eigenvalue weighted by atomic mass is 32.1. The summed E-state index contributed by atoms with van der Waals surface area (Å²) in [5.41, 5.74) is 5.16. The molecule has 2 aliphatic heterocycles. The van der Waals surface area contributed by atoms with Crippen molar-refractivity contribution in [2.75, 3.05) is 25.1 Å². The predicted octanol–water partition coefficient (Wildman–Crippen LogP) is 3.80. The number of nitrogens with one attached hydrogen (secondary N) is 1. The quantitative estimate of drug-likeness (QED) is 0.668. The Labute approximate surface area is 184 Å². The standard InChI is InChI=1S/C21H23N5O2S2/c27-18(9-12-25-10-5-2-6-11-25)24-26-20(28)17(30-21(26)29)13-16-14-22-23-19(16)15-7-3-1-4-8-15/h1,3-4,7-8,13-14,28H,2,5-6,9-12H2,(H,24,27). The summed E-state index contributed by atoms with van der Waals surface area (Å²) in [6, 6.07) is 9.72. The molecule has 0 radical (unpaired) electrons. The molecule has 2 N–H and O–H groups in total. The fourth-order valence-corrected chi connectivity index (χ4v) is 4.71. The molecule has 1 amide bonds. The number of hydrogen-bond acceptors (Lipinski definition) is 7. The predicted molar refractivity (Wildman–Crippen MR) is 124 cm³/mol. The Bertz CT molecular complexity index is 1060. The summed E-state index contributed by atoms with van der Waals surface area (Å²) in [7, 11) is 0. The normalized spacial score (nSPS) is 18.0. The lowest BCUT2D eigenvalue weighted by Crippen LogP contribution is -2.33. The molecule has 2 aromatic rings. The van der Waals surface area contributed by atoms with Gasteiger partial charge < -0.3 is 10.0 Å². The van der Waals surface area contributed by atoms with Gasteiger partial charge in [0.05, 0.1) is 11.1 Å². The molecule has 1 fully saturated rings. The van der Waals surface area contributed by atoms with E-state index in [0.29, 0.717) is 21.8 Å². The van der Waals surface area contributed by atoms with Gasteiger partial charge in [0.1, 0.15) is 5.71 Å². The van der Waals surface area contributed by atoms with E-state index in [1.165, 1.54) is 35.3 Å². The van der Waals surface area contributed by atoms with Gasteiger partial charge in [-0.25, -0.2) is 0 Å². The minimum absolute atomic E-state index is 0.0865. The minimum Gasteiger partial charge on any atom is -0.492 e. The van der Waals surface area contributed by atoms with Crippen LogP contribution in [-0.2, 0) is 4.79 Å². The SMILES string of the molecule is O=C(CCN1CCCCC1)Nn1c(O)c(C=C2C=NN=C2c2ccccc2)sc1=S. The van der Waals surface area contributed by atoms with Gasteiger partial charge in [0, 0.05) is 24.1 Å². The number of aromatic hydroxyl groups is 1. The van der Waals surface area contributed by atoms with Gasteiger partial charge in [-0.3, -0.25) is 10.2 Å². The van der Waals surface area contributed by atoms with Crippen LogP contribution in [0.3, 0.4) is 0 Å². The first-order valence-electron chi connectivity index (χ1n) is 9.97. The van der Waals surface area contributed by atoms with Crippen molar-refractivity contribution in [2.45, 2.75) is 25.7 Å². The van der Waals surface area contributed by atoms with Crippen LogP contribution in [0.25, 0.3) is 6.08 Å². The van der Waals surface area contributed by atoms with Crippen molar-refractivity contribution in [1.82, 2.24) is 9.58 Å². The van der Waals surface area contributed by atoms with Crippen LogP contribution < -0.4 is 5.43 Å². The number of allylic oxidation sites excluding steroid dienone is 1. The monoisotopic (exact) mass is 441 g/mol. The first-order chi connectivity index (χ1) is 14.6. The zero-order valence-electron chi connectivity index (χ0n) is 16.5. The maximum Gasteiger partial charge on any atom is 0.240 e. The topological polar surface area (TPSA) is 82.2 Å². The molecule has 0 atom stereocenters. The van der Waals surface area contributed by atoms with E-state index in [-0.39, 0.29) is 11.8 Å². The second kappa shape index (κ2) is 9.46. The Kier molecular flexibility index (Phi) is 6.51. The van der Waals surface area contributed by atoms with Gasteiger partial charge >= 0.3 is 0 Å². The zero-order valence-corrected chi connectivity index (χ0v) is 18.1. The molecule has 156 valence electrons. The number of amides is 1. The van der Waals surface area contributed by atoms with Gasteiger partial charge in [-0.15, -0.1) is 5.10 Å². The summed E-state index contributed by atoms with van der Waals surface area (Å²) < 4.78 is 1.65. The molecule has 1 saturated heterocycles. The highest BCUT2D eigenvalue weighted by Crippen LogP contribution is 2.28. The second-order valence-corrected chi connectivity index (χ2v) is 8.91. The van der Waals surface area contributed by atoms with Crippen LogP contribution in [0.1, 0.15) is 36.1 Å². The number of aromatic nitrogens is 1. The van der Waals surface area contributed by atoms with E-state index < -0.39 is 0 Å². The Hall–Kier alpha value is -2.62. The van der Waals surface area contributed by atoms with Crippen LogP contribution in [0.15, 0.2) is 46.1 Å². The fraction of sp³-hybridized carbons (Fsp3) is 0.333. The Morgan fingerprint density at radius 3 is 2.77 bits per heavy atom. The summed E-state index contributed by atoms with van der Waals surface area (Å²) in [6.45, 7) is 2.80. The lowest BCUT2D eigenvalue weighted by molar-refractivity contribution is -0.117. The largest absolute Gasteiger partial charge is 0.492 e. The number of thiazole rings is 1. The lowest BCUT2D eigenvalue weighted by atomic mass is 10.0. The molecule has 3 heterocycles. The Morgan fingerprint density at radius 1 is 1.23 bits per heavy atom. The molecule has 0 aliphatic carbocycles. The first kappa shape index (κ1) is 20.6. The number of benzene rings is 1. The number of rotatable bonds is 6. The maximum absolute atomic E-state index is 12.4. The maximum atomic E-state index is 12.4. The zero-order chi connectivity index (χ0) is 20.9. The van der Waals surface area contributed by atoms with Crippen molar-refractivity contribution in [3.05, 3.63) is 50.3 Å². The average molecular weight is 442 g/mol. The van der Waals surface area contributed by atoms with E-state index in [1.54, 1.807) is 12.3 Å². The van der Waals surface area contributed by atoms with Crippen molar-refractivity contribution in [3.63, 3.8) is 0 Å². The van der Waals surface area contributed by atoms with Crippen molar-refractivity contribution in [3.8, 4) is 5.88 Å². The first-order valence-corrected chi connectivity index (χ1v) is 11.2. The van der Waals surface area contributed by atoms with Crippen LogP contribution in [0, 0.1) is 3.95 Å². The van der Waals surface area contributed by atoms with E-state index in [2.05, 4.69) is 20.5 Å². The highest BCUT2D eigenvalue weighted by molar-refractivity contribution is 7.73. The number of carbonyl (C=O) groups is 1. The van der Waals surface area contributed by atoms with Crippen LogP contribution in [-0.4, -0.2) is 52.2 Å². The molecule has 7 nitrogen and oxygen atoms in total. The van der Waals surface area contributed by atoms with Crippen LogP contribution in [0.4, 0.5) is 0 Å². The molecule has 0 unspecified atom stereocenters. The van der Waals surface area contributed by atoms with E-state index in [4.69, 9.17) is 12.2 Å². The number of nitrogens with zero attached hydrogens (tertiary/aromatic N) is 4. The third-order valence-electron chi connectivity index (χ3n) is 5.11. The summed E-state index contributed by atoms with van der Waals surface area (Å²) in [5.74, 6) is -0.255. The number of hydrogen-bond donors (Lipinski definition) is 2. The van der Waals surface area contributed by atoms with Gasteiger partial charge in [-0.05, 0) is 44.2 Å². The van der Waals surface area contributed by atoms with Crippen LogP contribution in [0.2, 0.25) is 0 Å². The Morgan fingerprint density at radius 2 is 2.00 bits per heavy atom. The molecule has 4 rings (SSSR count). The number of carbonyl (C=O) groups excluding carboxylic acids is 1. The van der Waals surface area contributed by atoms with E-state index in [1.807, 2.05) is 30.3 Å². The smallest absolute Gasteiger partial charge is 0.240 e. The number of likely N-dealkylation sites (tertiary alicyclic amines) is 1. The molecular formula is C21H23N5O2S2. The van der Waals surface area contributed by atoms with E-state index in [0.717, 1.165) is 29.9 Å². The van der Waals surface area contributed by atoms with E-state index in [9.17, 15) is 9.90 Å². The molecule has 2 aliphatic rings.